The lowest BCUT2D eigenvalue weighted by Gasteiger charge is -2.00. The smallest absolute Gasteiger partial charge is 0.243 e. The molecule has 1 saturated carbocycles. The first-order chi connectivity index (χ1) is 10.2. The number of hydrazone groups is 1. The summed E-state index contributed by atoms with van der Waals surface area (Å²) < 4.78 is 1.02. The topological polar surface area (TPSA) is 41.5 Å². The molecular weight excluding hydrogens is 328 g/mol. The zero-order chi connectivity index (χ0) is 14.7. The summed E-state index contributed by atoms with van der Waals surface area (Å²) in [4.78, 5) is 12.0. The molecule has 106 valence electrons. The van der Waals surface area contributed by atoms with Crippen LogP contribution in [0.1, 0.15) is 23.5 Å². The highest BCUT2D eigenvalue weighted by Crippen LogP contribution is 2.47. The minimum absolute atomic E-state index is 0.00258. The summed E-state index contributed by atoms with van der Waals surface area (Å²) >= 11 is 3.38. The first-order valence-electron chi connectivity index (χ1n) is 6.87. The molecule has 4 heteroatoms. The molecule has 0 aliphatic heterocycles. The van der Waals surface area contributed by atoms with Crippen LogP contribution in [0.4, 0.5) is 0 Å². The Bertz CT molecular complexity index is 652. The number of hydrogen-bond acceptors (Lipinski definition) is 2. The molecule has 1 N–H and O–H groups in total. The minimum atomic E-state index is -0.00258. The fourth-order valence-electron chi connectivity index (χ4n) is 2.36. The summed E-state index contributed by atoms with van der Waals surface area (Å²) in [5, 5.41) is 4.02. The Hall–Kier alpha value is -1.94. The van der Waals surface area contributed by atoms with Gasteiger partial charge in [-0.25, -0.2) is 5.43 Å². The van der Waals surface area contributed by atoms with Crippen LogP contribution in [-0.4, -0.2) is 12.1 Å². The second-order valence-electron chi connectivity index (χ2n) is 5.15. The van der Waals surface area contributed by atoms with E-state index in [-0.39, 0.29) is 11.8 Å². The fraction of sp³-hybridized carbons (Fsp3) is 0.176. The summed E-state index contributed by atoms with van der Waals surface area (Å²) in [6, 6.07) is 17.9. The van der Waals surface area contributed by atoms with Crippen LogP contribution in [0, 0.1) is 5.92 Å². The predicted molar refractivity (Wildman–Crippen MR) is 87.2 cm³/mol. The van der Waals surface area contributed by atoms with Crippen molar-refractivity contribution in [2.75, 3.05) is 0 Å². The molecule has 0 saturated heterocycles. The van der Waals surface area contributed by atoms with Gasteiger partial charge < -0.3 is 0 Å². The number of nitrogens with one attached hydrogen (secondary N) is 1. The highest BCUT2D eigenvalue weighted by molar-refractivity contribution is 9.10. The van der Waals surface area contributed by atoms with Crippen LogP contribution in [0.15, 0.2) is 64.2 Å². The van der Waals surface area contributed by atoms with Crippen molar-refractivity contribution in [1.82, 2.24) is 5.43 Å². The number of rotatable bonds is 4. The molecule has 1 amide bonds. The van der Waals surface area contributed by atoms with Gasteiger partial charge in [0.15, 0.2) is 0 Å². The van der Waals surface area contributed by atoms with Gasteiger partial charge in [0.2, 0.25) is 5.91 Å². The Morgan fingerprint density at radius 1 is 1.14 bits per heavy atom. The molecule has 0 unspecified atom stereocenters. The Balaban J connectivity index is 1.53. The maximum atomic E-state index is 12.0. The van der Waals surface area contributed by atoms with Gasteiger partial charge in [0, 0.05) is 10.4 Å². The zero-order valence-electron chi connectivity index (χ0n) is 11.4. The number of carbonyl (C=O) groups is 1. The van der Waals surface area contributed by atoms with Gasteiger partial charge in [-0.3, -0.25) is 4.79 Å². The largest absolute Gasteiger partial charge is 0.273 e. The molecule has 2 atom stereocenters. The molecule has 3 nitrogen and oxygen atoms in total. The van der Waals surface area contributed by atoms with Crippen molar-refractivity contribution in [2.45, 2.75) is 12.3 Å². The second-order valence-corrected chi connectivity index (χ2v) is 6.06. The van der Waals surface area contributed by atoms with E-state index in [4.69, 9.17) is 0 Å². The quantitative estimate of drug-likeness (QED) is 0.667. The van der Waals surface area contributed by atoms with Gasteiger partial charge in [0.1, 0.15) is 0 Å². The standard InChI is InChI=1S/C17H15BrN2O/c18-14-8-6-12(7-9-14)11-19-20-17(21)16-10-15(16)13-4-2-1-3-5-13/h1-9,11,15-16H,10H2,(H,20,21)/t15-,16-/m1/s1. The van der Waals surface area contributed by atoms with Crippen LogP contribution < -0.4 is 5.43 Å². The first kappa shape index (κ1) is 14.0. The number of nitrogens with zero attached hydrogens (tertiary/aromatic N) is 1. The van der Waals surface area contributed by atoms with Crippen LogP contribution in [0.2, 0.25) is 0 Å². The van der Waals surface area contributed by atoms with E-state index >= 15 is 0 Å². The molecule has 0 radical (unpaired) electrons. The van der Waals surface area contributed by atoms with Crippen molar-refractivity contribution >= 4 is 28.1 Å². The summed E-state index contributed by atoms with van der Waals surface area (Å²) in [6.07, 6.45) is 2.56. The minimum Gasteiger partial charge on any atom is -0.273 e. The molecule has 3 rings (SSSR count). The van der Waals surface area contributed by atoms with Gasteiger partial charge in [-0.1, -0.05) is 58.4 Å². The van der Waals surface area contributed by atoms with E-state index < -0.39 is 0 Å². The van der Waals surface area contributed by atoms with Crippen LogP contribution in [-0.2, 0) is 4.79 Å². The highest BCUT2D eigenvalue weighted by Gasteiger charge is 2.43. The van der Waals surface area contributed by atoms with E-state index in [0.717, 1.165) is 16.5 Å². The first-order valence-corrected chi connectivity index (χ1v) is 7.67. The van der Waals surface area contributed by atoms with Gasteiger partial charge >= 0.3 is 0 Å². The number of benzene rings is 2. The lowest BCUT2D eigenvalue weighted by Crippen LogP contribution is -2.20. The van der Waals surface area contributed by atoms with Crippen LogP contribution in [0.5, 0.6) is 0 Å². The van der Waals surface area contributed by atoms with Crippen molar-refractivity contribution in [2.24, 2.45) is 11.0 Å². The highest BCUT2D eigenvalue weighted by atomic mass is 79.9. The summed E-state index contributed by atoms with van der Waals surface area (Å²) in [5.74, 6) is 0.390. The van der Waals surface area contributed by atoms with E-state index in [1.807, 2.05) is 42.5 Å². The van der Waals surface area contributed by atoms with Crippen LogP contribution in [0.25, 0.3) is 0 Å². The molecule has 0 heterocycles. The van der Waals surface area contributed by atoms with Crippen molar-refractivity contribution in [3.8, 4) is 0 Å². The van der Waals surface area contributed by atoms with E-state index in [1.54, 1.807) is 6.21 Å². The SMILES string of the molecule is O=C(NN=Cc1ccc(Br)cc1)[C@@H]1C[C@@H]1c1ccccc1. The predicted octanol–water partition coefficient (Wildman–Crippen LogP) is 3.70. The van der Waals surface area contributed by atoms with Crippen LogP contribution >= 0.6 is 15.9 Å². The summed E-state index contributed by atoms with van der Waals surface area (Å²) in [5.41, 5.74) is 4.81. The third kappa shape index (κ3) is 3.58. The van der Waals surface area contributed by atoms with Crippen molar-refractivity contribution in [3.63, 3.8) is 0 Å². The lowest BCUT2D eigenvalue weighted by molar-refractivity contribution is -0.122. The summed E-state index contributed by atoms with van der Waals surface area (Å²) in [6.45, 7) is 0. The number of hydrogen-bond donors (Lipinski definition) is 1. The van der Waals surface area contributed by atoms with Gasteiger partial charge in [-0.2, -0.15) is 5.10 Å². The third-order valence-electron chi connectivity index (χ3n) is 3.61. The van der Waals surface area contributed by atoms with E-state index in [1.165, 1.54) is 5.56 Å². The Kier molecular flexibility index (Phi) is 4.15. The molecule has 0 bridgehead atoms. The van der Waals surface area contributed by atoms with E-state index in [2.05, 4.69) is 38.6 Å². The average molecular weight is 343 g/mol. The maximum absolute atomic E-state index is 12.0. The molecule has 0 spiro atoms. The van der Waals surface area contributed by atoms with Gasteiger partial charge in [0.25, 0.3) is 0 Å². The molecule has 1 aliphatic rings. The van der Waals surface area contributed by atoms with Crippen molar-refractivity contribution in [1.29, 1.82) is 0 Å². The van der Waals surface area contributed by atoms with Crippen molar-refractivity contribution < 1.29 is 4.79 Å². The Labute approximate surface area is 132 Å². The molecule has 2 aromatic rings. The molecular formula is C17H15BrN2O. The summed E-state index contributed by atoms with van der Waals surface area (Å²) in [7, 11) is 0. The normalized spacial score (nSPS) is 20.4. The molecule has 21 heavy (non-hydrogen) atoms. The van der Waals surface area contributed by atoms with Gasteiger partial charge in [-0.05, 0) is 35.6 Å². The lowest BCUT2D eigenvalue weighted by atomic mass is 10.1. The zero-order valence-corrected chi connectivity index (χ0v) is 13.0. The Morgan fingerprint density at radius 2 is 1.86 bits per heavy atom. The third-order valence-corrected chi connectivity index (χ3v) is 4.14. The monoisotopic (exact) mass is 342 g/mol. The molecule has 1 fully saturated rings. The molecule has 2 aromatic carbocycles. The molecule has 1 aliphatic carbocycles. The van der Waals surface area contributed by atoms with Crippen LogP contribution in [0.3, 0.4) is 0 Å². The van der Waals surface area contributed by atoms with Gasteiger partial charge in [-0.15, -0.1) is 0 Å². The second kappa shape index (κ2) is 6.22. The number of carbonyl (C=O) groups excluding carboxylic acids is 1. The van der Waals surface area contributed by atoms with E-state index in [0.29, 0.717) is 5.92 Å². The maximum Gasteiger partial charge on any atom is 0.243 e. The number of halogens is 1. The number of amides is 1. The fourth-order valence-corrected chi connectivity index (χ4v) is 2.62. The Morgan fingerprint density at radius 3 is 2.57 bits per heavy atom. The van der Waals surface area contributed by atoms with Gasteiger partial charge in [0.05, 0.1) is 6.21 Å². The average Bonchev–Trinajstić information content (AvgIpc) is 3.31. The van der Waals surface area contributed by atoms with E-state index in [9.17, 15) is 4.79 Å². The van der Waals surface area contributed by atoms with Crippen molar-refractivity contribution in [3.05, 3.63) is 70.2 Å². The molecule has 0 aromatic heterocycles.